The molecule has 0 spiro atoms. The molecule has 0 saturated carbocycles. The molecule has 0 heterocycles. The molecule has 16 heavy (non-hydrogen) atoms. The third-order valence-corrected chi connectivity index (χ3v) is 3.44. The number of rotatable bonds is 3. The van der Waals surface area contributed by atoms with Crippen LogP contribution in [0.4, 0.5) is 0 Å². The van der Waals surface area contributed by atoms with E-state index in [1.165, 1.54) is 13.8 Å². The number of hydrogen-bond donors (Lipinski definition) is 2. The molecule has 0 fully saturated rings. The number of benzene rings is 1. The standard InChI is InChI=1S/C11H12BrClO3/c1-11(2,10(15)16)9(14)7-5-6(13)3-4-8(7)12/h3-5,9,14H,1-2H3,(H,15,16). The highest BCUT2D eigenvalue weighted by Crippen LogP contribution is 2.38. The number of aliphatic hydroxyl groups is 1. The van der Waals surface area contributed by atoms with Crippen molar-refractivity contribution in [2.24, 2.45) is 5.41 Å². The van der Waals surface area contributed by atoms with Crippen LogP contribution in [-0.4, -0.2) is 16.2 Å². The Labute approximate surface area is 107 Å². The molecule has 3 nitrogen and oxygen atoms in total. The van der Waals surface area contributed by atoms with E-state index in [2.05, 4.69) is 15.9 Å². The van der Waals surface area contributed by atoms with Crippen molar-refractivity contribution in [2.75, 3.05) is 0 Å². The summed E-state index contributed by atoms with van der Waals surface area (Å²) in [4.78, 5) is 11.0. The minimum absolute atomic E-state index is 0.457. The Hall–Kier alpha value is -0.580. The Morgan fingerprint density at radius 1 is 1.50 bits per heavy atom. The number of hydrogen-bond acceptors (Lipinski definition) is 2. The molecule has 1 aromatic carbocycles. The lowest BCUT2D eigenvalue weighted by atomic mass is 9.83. The van der Waals surface area contributed by atoms with Gasteiger partial charge in [0.15, 0.2) is 0 Å². The minimum atomic E-state index is -1.27. The number of carboxylic acids is 1. The fourth-order valence-electron chi connectivity index (χ4n) is 1.23. The summed E-state index contributed by atoms with van der Waals surface area (Å²) in [5.74, 6) is -1.06. The van der Waals surface area contributed by atoms with Crippen LogP contribution in [-0.2, 0) is 4.79 Å². The van der Waals surface area contributed by atoms with Crippen LogP contribution in [0.3, 0.4) is 0 Å². The molecule has 0 saturated heterocycles. The fourth-order valence-corrected chi connectivity index (χ4v) is 1.87. The molecule has 0 aliphatic heterocycles. The van der Waals surface area contributed by atoms with E-state index >= 15 is 0 Å². The van der Waals surface area contributed by atoms with Gasteiger partial charge in [0, 0.05) is 9.50 Å². The number of halogens is 2. The van der Waals surface area contributed by atoms with Crippen molar-refractivity contribution >= 4 is 33.5 Å². The van der Waals surface area contributed by atoms with Gasteiger partial charge in [-0.25, -0.2) is 0 Å². The van der Waals surface area contributed by atoms with E-state index in [1.807, 2.05) is 0 Å². The van der Waals surface area contributed by atoms with Crippen LogP contribution in [0.15, 0.2) is 22.7 Å². The molecule has 0 bridgehead atoms. The van der Waals surface area contributed by atoms with E-state index in [9.17, 15) is 9.90 Å². The molecule has 5 heteroatoms. The van der Waals surface area contributed by atoms with Gasteiger partial charge < -0.3 is 10.2 Å². The van der Waals surface area contributed by atoms with E-state index < -0.39 is 17.5 Å². The summed E-state index contributed by atoms with van der Waals surface area (Å²) >= 11 is 9.07. The van der Waals surface area contributed by atoms with E-state index in [4.69, 9.17) is 16.7 Å². The molecule has 1 rings (SSSR count). The van der Waals surface area contributed by atoms with Gasteiger partial charge in [0.2, 0.25) is 0 Å². The molecule has 1 aromatic rings. The van der Waals surface area contributed by atoms with E-state index in [1.54, 1.807) is 18.2 Å². The maximum atomic E-state index is 11.0. The van der Waals surface area contributed by atoms with Crippen molar-refractivity contribution in [1.82, 2.24) is 0 Å². The fraction of sp³-hybridized carbons (Fsp3) is 0.364. The molecular formula is C11H12BrClO3. The first-order valence-electron chi connectivity index (χ1n) is 4.63. The Kier molecular flexibility index (Phi) is 3.99. The lowest BCUT2D eigenvalue weighted by molar-refractivity contribution is -0.153. The number of aliphatic hydroxyl groups excluding tert-OH is 1. The Bertz CT molecular complexity index is 418. The molecule has 2 N–H and O–H groups in total. The maximum absolute atomic E-state index is 11.0. The highest BCUT2D eigenvalue weighted by molar-refractivity contribution is 9.10. The van der Waals surface area contributed by atoms with Crippen LogP contribution in [0, 0.1) is 5.41 Å². The summed E-state index contributed by atoms with van der Waals surface area (Å²) in [6.45, 7) is 2.93. The third-order valence-electron chi connectivity index (χ3n) is 2.49. The van der Waals surface area contributed by atoms with Gasteiger partial charge in [0.1, 0.15) is 0 Å². The van der Waals surface area contributed by atoms with Gasteiger partial charge in [-0.2, -0.15) is 0 Å². The molecule has 0 radical (unpaired) electrons. The molecule has 0 aliphatic carbocycles. The second kappa shape index (κ2) is 4.73. The van der Waals surface area contributed by atoms with Gasteiger partial charge in [-0.1, -0.05) is 27.5 Å². The van der Waals surface area contributed by atoms with Gasteiger partial charge >= 0.3 is 5.97 Å². The number of carbonyl (C=O) groups is 1. The number of carboxylic acid groups (broad SMARTS) is 1. The highest BCUT2D eigenvalue weighted by Gasteiger charge is 2.37. The molecule has 0 aliphatic rings. The zero-order valence-electron chi connectivity index (χ0n) is 8.87. The summed E-state index contributed by atoms with van der Waals surface area (Å²) in [6, 6.07) is 4.90. The molecule has 0 aromatic heterocycles. The minimum Gasteiger partial charge on any atom is -0.481 e. The Balaban J connectivity index is 3.19. The van der Waals surface area contributed by atoms with Crippen LogP contribution in [0.2, 0.25) is 5.02 Å². The second-order valence-electron chi connectivity index (χ2n) is 4.10. The van der Waals surface area contributed by atoms with Gasteiger partial charge in [-0.3, -0.25) is 4.79 Å². The Morgan fingerprint density at radius 3 is 2.56 bits per heavy atom. The van der Waals surface area contributed by atoms with Crippen LogP contribution in [0.1, 0.15) is 25.5 Å². The molecule has 0 amide bonds. The number of aliphatic carboxylic acids is 1. The van der Waals surface area contributed by atoms with E-state index in [0.717, 1.165) is 0 Å². The van der Waals surface area contributed by atoms with Crippen molar-refractivity contribution in [1.29, 1.82) is 0 Å². The first-order valence-corrected chi connectivity index (χ1v) is 5.80. The summed E-state index contributed by atoms with van der Waals surface area (Å²) in [5, 5.41) is 19.5. The lowest BCUT2D eigenvalue weighted by Crippen LogP contribution is -2.31. The van der Waals surface area contributed by atoms with Crippen molar-refractivity contribution in [3.05, 3.63) is 33.3 Å². The summed E-state index contributed by atoms with van der Waals surface area (Å²) in [7, 11) is 0. The predicted octanol–water partition coefficient (Wildman–Crippen LogP) is 3.25. The van der Waals surface area contributed by atoms with Crippen molar-refractivity contribution < 1.29 is 15.0 Å². The van der Waals surface area contributed by atoms with Crippen LogP contribution in [0.25, 0.3) is 0 Å². The monoisotopic (exact) mass is 306 g/mol. The summed E-state index contributed by atoms with van der Waals surface area (Å²) in [6.07, 6.45) is -1.13. The molecule has 1 unspecified atom stereocenters. The van der Waals surface area contributed by atoms with Crippen LogP contribution >= 0.6 is 27.5 Å². The molecule has 1 atom stereocenters. The Morgan fingerprint density at radius 2 is 2.06 bits per heavy atom. The quantitative estimate of drug-likeness (QED) is 0.901. The average Bonchev–Trinajstić information content (AvgIpc) is 2.20. The van der Waals surface area contributed by atoms with E-state index in [0.29, 0.717) is 15.1 Å². The van der Waals surface area contributed by atoms with Crippen LogP contribution < -0.4 is 0 Å². The first-order chi connectivity index (χ1) is 7.26. The molecule has 88 valence electrons. The van der Waals surface area contributed by atoms with Crippen molar-refractivity contribution in [2.45, 2.75) is 20.0 Å². The highest BCUT2D eigenvalue weighted by atomic mass is 79.9. The summed E-state index contributed by atoms with van der Waals surface area (Å²) in [5.41, 5.74) is -0.799. The molecular weight excluding hydrogens is 295 g/mol. The van der Waals surface area contributed by atoms with Gasteiger partial charge in [0.25, 0.3) is 0 Å². The van der Waals surface area contributed by atoms with Crippen LogP contribution in [0.5, 0.6) is 0 Å². The maximum Gasteiger partial charge on any atom is 0.312 e. The first kappa shape index (κ1) is 13.5. The third kappa shape index (κ3) is 2.56. The summed E-state index contributed by atoms with van der Waals surface area (Å²) < 4.78 is 0.638. The zero-order valence-corrected chi connectivity index (χ0v) is 11.2. The van der Waals surface area contributed by atoms with Crippen molar-refractivity contribution in [3.8, 4) is 0 Å². The van der Waals surface area contributed by atoms with Crippen molar-refractivity contribution in [3.63, 3.8) is 0 Å². The average molecular weight is 308 g/mol. The smallest absolute Gasteiger partial charge is 0.312 e. The normalized spacial score (nSPS) is 13.6. The topological polar surface area (TPSA) is 57.5 Å². The predicted molar refractivity (Wildman–Crippen MR) is 65.5 cm³/mol. The zero-order chi connectivity index (χ0) is 12.5. The second-order valence-corrected chi connectivity index (χ2v) is 5.39. The van der Waals surface area contributed by atoms with Gasteiger partial charge in [-0.05, 0) is 37.6 Å². The van der Waals surface area contributed by atoms with Gasteiger partial charge in [-0.15, -0.1) is 0 Å². The largest absolute Gasteiger partial charge is 0.481 e. The van der Waals surface area contributed by atoms with E-state index in [-0.39, 0.29) is 0 Å². The SMILES string of the molecule is CC(C)(C(=O)O)C(O)c1cc(Cl)ccc1Br. The van der Waals surface area contributed by atoms with Gasteiger partial charge in [0.05, 0.1) is 11.5 Å². The lowest BCUT2D eigenvalue weighted by Gasteiger charge is -2.27.